The molecule has 0 radical (unpaired) electrons. The number of nitrogens with one attached hydrogen (secondary N) is 2. The van der Waals surface area contributed by atoms with Crippen LogP contribution in [0.1, 0.15) is 6.92 Å². The number of rotatable bonds is 5. The lowest BCUT2D eigenvalue weighted by Gasteiger charge is -2.15. The predicted octanol–water partition coefficient (Wildman–Crippen LogP) is 3.37. The highest BCUT2D eigenvalue weighted by Crippen LogP contribution is 2.17. The van der Waals surface area contributed by atoms with Crippen molar-refractivity contribution in [1.29, 1.82) is 0 Å². The summed E-state index contributed by atoms with van der Waals surface area (Å²) in [5, 5.41) is 6.40. The van der Waals surface area contributed by atoms with Gasteiger partial charge < -0.3 is 15.5 Å². The van der Waals surface area contributed by atoms with Crippen LogP contribution < -0.4 is 15.5 Å². The predicted molar refractivity (Wildman–Crippen MR) is 94.1 cm³/mol. The molecule has 23 heavy (non-hydrogen) atoms. The Morgan fingerprint density at radius 2 is 1.78 bits per heavy atom. The molecule has 2 aromatic carbocycles. The average Bonchev–Trinajstić information content (AvgIpc) is 2.53. The largest absolute Gasteiger partial charge is 0.376 e. The summed E-state index contributed by atoms with van der Waals surface area (Å²) in [6.07, 6.45) is 0. The molecule has 0 bridgehead atoms. The Morgan fingerprint density at radius 1 is 1.09 bits per heavy atom. The van der Waals surface area contributed by atoms with Gasteiger partial charge in [0, 0.05) is 36.1 Å². The third-order valence-electron chi connectivity index (χ3n) is 3.29. The van der Waals surface area contributed by atoms with Crippen LogP contribution in [0.3, 0.4) is 0 Å². The number of anilines is 3. The van der Waals surface area contributed by atoms with Crippen molar-refractivity contribution in [3.8, 4) is 0 Å². The molecule has 0 aliphatic rings. The standard InChI is InChI=1S/C17H18ClN3O2/c1-12(22)21(2)16-8-6-14(7-9-16)20-17(23)11-19-15-5-3-4-13(18)10-15/h3-10,19H,11H2,1-2H3,(H,20,23). The van der Waals surface area contributed by atoms with E-state index in [1.165, 1.54) is 11.8 Å². The zero-order valence-corrected chi connectivity index (χ0v) is 13.7. The van der Waals surface area contributed by atoms with Gasteiger partial charge in [-0.1, -0.05) is 17.7 Å². The first-order valence-electron chi connectivity index (χ1n) is 7.09. The van der Waals surface area contributed by atoms with Crippen LogP contribution in [0.2, 0.25) is 5.02 Å². The molecule has 0 atom stereocenters. The van der Waals surface area contributed by atoms with Crippen molar-refractivity contribution < 1.29 is 9.59 Å². The lowest BCUT2D eigenvalue weighted by molar-refractivity contribution is -0.116. The molecule has 0 unspecified atom stereocenters. The van der Waals surface area contributed by atoms with E-state index in [2.05, 4.69) is 10.6 Å². The van der Waals surface area contributed by atoms with Crippen molar-refractivity contribution in [2.45, 2.75) is 6.92 Å². The second-order valence-electron chi connectivity index (χ2n) is 5.04. The fourth-order valence-electron chi connectivity index (χ4n) is 1.94. The van der Waals surface area contributed by atoms with Gasteiger partial charge in [0.05, 0.1) is 6.54 Å². The quantitative estimate of drug-likeness (QED) is 0.883. The van der Waals surface area contributed by atoms with Gasteiger partial charge >= 0.3 is 0 Å². The summed E-state index contributed by atoms with van der Waals surface area (Å²) in [4.78, 5) is 24.7. The van der Waals surface area contributed by atoms with Crippen LogP contribution in [-0.4, -0.2) is 25.4 Å². The molecule has 0 heterocycles. The number of hydrogen-bond donors (Lipinski definition) is 2. The third kappa shape index (κ3) is 5.00. The molecule has 5 nitrogen and oxygen atoms in total. The van der Waals surface area contributed by atoms with Gasteiger partial charge in [0.1, 0.15) is 0 Å². The van der Waals surface area contributed by atoms with E-state index in [1.807, 2.05) is 12.1 Å². The fraction of sp³-hybridized carbons (Fsp3) is 0.176. The van der Waals surface area contributed by atoms with Crippen LogP contribution >= 0.6 is 11.6 Å². The van der Waals surface area contributed by atoms with Gasteiger partial charge in [-0.2, -0.15) is 0 Å². The summed E-state index contributed by atoms with van der Waals surface area (Å²) in [5.74, 6) is -0.217. The highest BCUT2D eigenvalue weighted by molar-refractivity contribution is 6.30. The Bertz CT molecular complexity index is 701. The zero-order chi connectivity index (χ0) is 16.8. The van der Waals surface area contributed by atoms with E-state index in [0.29, 0.717) is 10.7 Å². The van der Waals surface area contributed by atoms with Crippen molar-refractivity contribution in [3.05, 3.63) is 53.6 Å². The Labute approximate surface area is 140 Å². The van der Waals surface area contributed by atoms with Gasteiger partial charge in [-0.05, 0) is 42.5 Å². The number of amides is 2. The van der Waals surface area contributed by atoms with Crippen molar-refractivity contribution in [3.63, 3.8) is 0 Å². The van der Waals surface area contributed by atoms with Gasteiger partial charge in [0.2, 0.25) is 11.8 Å². The maximum absolute atomic E-state index is 11.9. The molecule has 0 aromatic heterocycles. The van der Waals surface area contributed by atoms with Gasteiger partial charge in [-0.15, -0.1) is 0 Å². The SMILES string of the molecule is CC(=O)N(C)c1ccc(NC(=O)CNc2cccc(Cl)c2)cc1. The summed E-state index contributed by atoms with van der Waals surface area (Å²) >= 11 is 5.88. The van der Waals surface area contributed by atoms with Crippen LogP contribution in [0.25, 0.3) is 0 Å². The Balaban J connectivity index is 1.89. The van der Waals surface area contributed by atoms with E-state index in [9.17, 15) is 9.59 Å². The van der Waals surface area contributed by atoms with Gasteiger partial charge in [0.25, 0.3) is 0 Å². The first-order valence-corrected chi connectivity index (χ1v) is 7.47. The van der Waals surface area contributed by atoms with E-state index >= 15 is 0 Å². The minimum absolute atomic E-state index is 0.0486. The molecule has 0 aliphatic heterocycles. The summed E-state index contributed by atoms with van der Waals surface area (Å²) in [6.45, 7) is 1.63. The summed E-state index contributed by atoms with van der Waals surface area (Å²) in [6, 6.07) is 14.2. The molecule has 120 valence electrons. The summed E-state index contributed by atoms with van der Waals surface area (Å²) in [5.41, 5.74) is 2.22. The molecule has 0 saturated heterocycles. The van der Waals surface area contributed by atoms with Crippen LogP contribution in [0.15, 0.2) is 48.5 Å². The smallest absolute Gasteiger partial charge is 0.243 e. The van der Waals surface area contributed by atoms with Crippen LogP contribution in [0.5, 0.6) is 0 Å². The topological polar surface area (TPSA) is 61.4 Å². The van der Waals surface area contributed by atoms with Gasteiger partial charge in [-0.25, -0.2) is 0 Å². The molecule has 0 fully saturated rings. The highest BCUT2D eigenvalue weighted by Gasteiger charge is 2.06. The number of carbonyl (C=O) groups excluding carboxylic acids is 2. The van der Waals surface area contributed by atoms with Crippen molar-refractivity contribution in [2.24, 2.45) is 0 Å². The highest BCUT2D eigenvalue weighted by atomic mass is 35.5. The number of halogens is 1. The normalized spacial score (nSPS) is 10.0. The molecular formula is C17H18ClN3O2. The lowest BCUT2D eigenvalue weighted by Crippen LogP contribution is -2.23. The number of hydrogen-bond acceptors (Lipinski definition) is 3. The zero-order valence-electron chi connectivity index (χ0n) is 13.0. The fourth-order valence-corrected chi connectivity index (χ4v) is 2.13. The molecule has 0 aliphatic carbocycles. The first-order chi connectivity index (χ1) is 11.0. The number of nitrogens with zero attached hydrogens (tertiary/aromatic N) is 1. The minimum Gasteiger partial charge on any atom is -0.376 e. The monoisotopic (exact) mass is 331 g/mol. The molecule has 2 rings (SSSR count). The third-order valence-corrected chi connectivity index (χ3v) is 3.52. The molecule has 6 heteroatoms. The summed E-state index contributed by atoms with van der Waals surface area (Å²) in [7, 11) is 1.70. The van der Waals surface area contributed by atoms with E-state index in [1.54, 1.807) is 43.4 Å². The molecule has 0 saturated carbocycles. The van der Waals surface area contributed by atoms with Gasteiger partial charge in [-0.3, -0.25) is 9.59 Å². The maximum Gasteiger partial charge on any atom is 0.243 e. The number of benzene rings is 2. The second-order valence-corrected chi connectivity index (χ2v) is 5.47. The first kappa shape index (κ1) is 16.8. The van der Waals surface area contributed by atoms with Gasteiger partial charge in [0.15, 0.2) is 0 Å². The lowest BCUT2D eigenvalue weighted by atomic mass is 10.2. The maximum atomic E-state index is 11.9. The molecule has 2 N–H and O–H groups in total. The minimum atomic E-state index is -0.169. The Hall–Kier alpha value is -2.53. The number of carbonyl (C=O) groups is 2. The molecule has 2 aromatic rings. The summed E-state index contributed by atoms with van der Waals surface area (Å²) < 4.78 is 0. The van der Waals surface area contributed by atoms with Crippen molar-refractivity contribution in [1.82, 2.24) is 0 Å². The van der Waals surface area contributed by atoms with E-state index in [4.69, 9.17) is 11.6 Å². The molecular weight excluding hydrogens is 314 g/mol. The van der Waals surface area contributed by atoms with E-state index in [0.717, 1.165) is 11.4 Å². The Morgan fingerprint density at radius 3 is 2.39 bits per heavy atom. The second kappa shape index (κ2) is 7.65. The Kier molecular flexibility index (Phi) is 5.60. The van der Waals surface area contributed by atoms with Crippen LogP contribution in [0, 0.1) is 0 Å². The van der Waals surface area contributed by atoms with Crippen molar-refractivity contribution >= 4 is 40.5 Å². The van der Waals surface area contributed by atoms with Crippen LogP contribution in [-0.2, 0) is 9.59 Å². The average molecular weight is 332 g/mol. The molecule has 0 spiro atoms. The molecule has 2 amide bonds. The van der Waals surface area contributed by atoms with Crippen LogP contribution in [0.4, 0.5) is 17.1 Å². The van der Waals surface area contributed by atoms with E-state index in [-0.39, 0.29) is 18.4 Å². The van der Waals surface area contributed by atoms with Crippen molar-refractivity contribution in [2.75, 3.05) is 29.1 Å². The van der Waals surface area contributed by atoms with E-state index < -0.39 is 0 Å².